The average Bonchev–Trinajstić information content (AvgIpc) is 3.06. The molecular weight excluding hydrogens is 310 g/mol. The molecule has 4 nitrogen and oxygen atoms in total. The van der Waals surface area contributed by atoms with Crippen molar-refractivity contribution < 1.29 is 4.79 Å². The molecule has 0 atom stereocenters. The van der Waals surface area contributed by atoms with Gasteiger partial charge in [0.15, 0.2) is 0 Å². The molecule has 0 aliphatic heterocycles. The van der Waals surface area contributed by atoms with E-state index in [0.29, 0.717) is 0 Å². The summed E-state index contributed by atoms with van der Waals surface area (Å²) in [6, 6.07) is 20.3. The van der Waals surface area contributed by atoms with Gasteiger partial charge in [0.05, 0.1) is 6.42 Å². The predicted octanol–water partition coefficient (Wildman–Crippen LogP) is 3.92. The van der Waals surface area contributed by atoms with E-state index < -0.39 is 0 Å². The lowest BCUT2D eigenvalue weighted by Gasteiger charge is -2.04. The van der Waals surface area contributed by atoms with E-state index in [-0.39, 0.29) is 12.3 Å². The van der Waals surface area contributed by atoms with Gasteiger partial charge in [0.25, 0.3) is 0 Å². The number of nitrogens with zero attached hydrogens (tertiary/aromatic N) is 1. The number of hydrogen-bond acceptors (Lipinski definition) is 2. The van der Waals surface area contributed by atoms with Gasteiger partial charge in [-0.05, 0) is 22.8 Å². The van der Waals surface area contributed by atoms with Crippen LogP contribution in [-0.4, -0.2) is 15.9 Å². The Hall–Kier alpha value is -3.40. The number of hydrogen-bond donors (Lipinski definition) is 2. The van der Waals surface area contributed by atoms with Gasteiger partial charge in [-0.3, -0.25) is 4.79 Å². The number of aromatic nitrogens is 2. The maximum absolute atomic E-state index is 11.0. The molecule has 0 unspecified atom stereocenters. The molecule has 4 aromatic rings. The molecule has 0 fully saturated rings. The number of pyridine rings is 1. The second kappa shape index (κ2) is 6.24. The Morgan fingerprint density at radius 2 is 1.72 bits per heavy atom. The second-order valence-electron chi connectivity index (χ2n) is 6.03. The van der Waals surface area contributed by atoms with Gasteiger partial charge in [0.1, 0.15) is 5.65 Å². The van der Waals surface area contributed by atoms with E-state index in [9.17, 15) is 4.79 Å². The van der Waals surface area contributed by atoms with Crippen molar-refractivity contribution in [1.29, 1.82) is 0 Å². The Labute approximate surface area is 145 Å². The quantitative estimate of drug-likeness (QED) is 0.596. The highest BCUT2D eigenvalue weighted by atomic mass is 16.1. The summed E-state index contributed by atoms with van der Waals surface area (Å²) < 4.78 is 0. The number of H-pyrrole nitrogens is 1. The van der Waals surface area contributed by atoms with E-state index in [2.05, 4.69) is 28.2 Å². The summed E-state index contributed by atoms with van der Waals surface area (Å²) in [5.74, 6) is -0.323. The van der Waals surface area contributed by atoms with Crippen LogP contribution in [-0.2, 0) is 11.2 Å². The molecule has 4 heteroatoms. The molecule has 2 aromatic heterocycles. The number of nitrogens with one attached hydrogen (secondary N) is 1. The number of carbonyl (C=O) groups is 1. The van der Waals surface area contributed by atoms with E-state index >= 15 is 0 Å². The van der Waals surface area contributed by atoms with E-state index in [1.165, 1.54) is 0 Å². The maximum atomic E-state index is 11.0. The van der Waals surface area contributed by atoms with Crippen molar-refractivity contribution in [3.8, 4) is 22.3 Å². The van der Waals surface area contributed by atoms with Crippen molar-refractivity contribution in [2.24, 2.45) is 5.73 Å². The Kier molecular flexibility index (Phi) is 3.78. The topological polar surface area (TPSA) is 71.8 Å². The summed E-state index contributed by atoms with van der Waals surface area (Å²) in [5, 5.41) is 1.07. The first kappa shape index (κ1) is 15.1. The van der Waals surface area contributed by atoms with Gasteiger partial charge >= 0.3 is 0 Å². The third-order valence-electron chi connectivity index (χ3n) is 4.28. The van der Waals surface area contributed by atoms with Crippen LogP contribution in [0.15, 0.2) is 73.1 Å². The minimum absolute atomic E-state index is 0.258. The van der Waals surface area contributed by atoms with Gasteiger partial charge in [-0.2, -0.15) is 0 Å². The predicted molar refractivity (Wildman–Crippen MR) is 99.9 cm³/mol. The molecular formula is C21H17N3O. The minimum Gasteiger partial charge on any atom is -0.369 e. The van der Waals surface area contributed by atoms with Crippen molar-refractivity contribution >= 4 is 16.9 Å². The summed E-state index contributed by atoms with van der Waals surface area (Å²) in [6.45, 7) is 0. The fourth-order valence-electron chi connectivity index (χ4n) is 3.03. The van der Waals surface area contributed by atoms with Crippen LogP contribution in [0, 0.1) is 0 Å². The monoisotopic (exact) mass is 327 g/mol. The number of carbonyl (C=O) groups excluding carboxylic acids is 1. The zero-order chi connectivity index (χ0) is 17.2. The number of nitrogens with two attached hydrogens (primary N) is 1. The molecule has 25 heavy (non-hydrogen) atoms. The van der Waals surface area contributed by atoms with Crippen molar-refractivity contribution in [1.82, 2.24) is 9.97 Å². The van der Waals surface area contributed by atoms with Crippen molar-refractivity contribution in [2.75, 3.05) is 0 Å². The molecule has 1 amide bonds. The Bertz CT molecular complexity index is 1030. The lowest BCUT2D eigenvalue weighted by atomic mass is 10.0. The lowest BCUT2D eigenvalue weighted by Crippen LogP contribution is -2.13. The third-order valence-corrected chi connectivity index (χ3v) is 4.28. The highest BCUT2D eigenvalue weighted by Gasteiger charge is 2.09. The van der Waals surface area contributed by atoms with E-state index in [4.69, 9.17) is 5.73 Å². The summed E-state index contributed by atoms with van der Waals surface area (Å²) in [4.78, 5) is 18.8. The van der Waals surface area contributed by atoms with Crippen molar-refractivity contribution in [2.45, 2.75) is 6.42 Å². The fraction of sp³-hybridized carbons (Fsp3) is 0.0476. The van der Waals surface area contributed by atoms with Crippen LogP contribution in [0.5, 0.6) is 0 Å². The van der Waals surface area contributed by atoms with Crippen LogP contribution in [0.4, 0.5) is 0 Å². The Morgan fingerprint density at radius 3 is 2.44 bits per heavy atom. The first-order chi connectivity index (χ1) is 12.2. The van der Waals surface area contributed by atoms with Crippen LogP contribution >= 0.6 is 0 Å². The van der Waals surface area contributed by atoms with Gasteiger partial charge in [0.2, 0.25) is 5.91 Å². The molecule has 2 heterocycles. The highest BCUT2D eigenvalue weighted by Crippen LogP contribution is 2.31. The molecule has 0 spiro atoms. The maximum Gasteiger partial charge on any atom is 0.221 e. The van der Waals surface area contributed by atoms with Gasteiger partial charge in [-0.15, -0.1) is 0 Å². The van der Waals surface area contributed by atoms with Crippen molar-refractivity contribution in [3.63, 3.8) is 0 Å². The number of amides is 1. The SMILES string of the molecule is NC(=O)Cc1ccc(-c2c[nH]c3ncc(-c4ccccc4)cc23)cc1. The van der Waals surface area contributed by atoms with Crippen LogP contribution in [0.25, 0.3) is 33.3 Å². The third kappa shape index (κ3) is 3.02. The number of rotatable bonds is 4. The number of fused-ring (bicyclic) bond motifs is 1. The van der Waals surface area contributed by atoms with Crippen LogP contribution in [0.1, 0.15) is 5.56 Å². The van der Waals surface area contributed by atoms with Crippen LogP contribution < -0.4 is 5.73 Å². The smallest absolute Gasteiger partial charge is 0.221 e. The van der Waals surface area contributed by atoms with Crippen molar-refractivity contribution in [3.05, 3.63) is 78.6 Å². The standard InChI is InChI=1S/C21H17N3O/c22-20(25)10-14-6-8-16(9-7-14)19-13-24-21-18(19)11-17(12-23-21)15-4-2-1-3-5-15/h1-9,11-13H,10H2,(H2,22,25)(H,23,24). The van der Waals surface area contributed by atoms with E-state index in [1.807, 2.05) is 54.9 Å². The molecule has 0 saturated heterocycles. The summed E-state index contributed by atoms with van der Waals surface area (Å²) in [6.07, 6.45) is 4.11. The number of benzene rings is 2. The minimum atomic E-state index is -0.323. The van der Waals surface area contributed by atoms with E-state index in [1.54, 1.807) is 0 Å². The molecule has 0 aliphatic rings. The molecule has 122 valence electrons. The normalized spacial score (nSPS) is 10.9. The number of primary amides is 1. The molecule has 0 aliphatic carbocycles. The van der Waals surface area contributed by atoms with Gasteiger partial charge in [-0.1, -0.05) is 54.6 Å². The zero-order valence-electron chi connectivity index (χ0n) is 13.6. The first-order valence-corrected chi connectivity index (χ1v) is 8.11. The van der Waals surface area contributed by atoms with Crippen LogP contribution in [0.2, 0.25) is 0 Å². The molecule has 0 radical (unpaired) electrons. The van der Waals surface area contributed by atoms with Gasteiger partial charge in [-0.25, -0.2) is 4.98 Å². The number of aromatic amines is 1. The average molecular weight is 327 g/mol. The Balaban J connectivity index is 1.76. The fourth-order valence-corrected chi connectivity index (χ4v) is 3.03. The van der Waals surface area contributed by atoms with Gasteiger partial charge in [0, 0.05) is 28.9 Å². The highest BCUT2D eigenvalue weighted by molar-refractivity contribution is 5.95. The lowest BCUT2D eigenvalue weighted by molar-refractivity contribution is -0.117. The Morgan fingerprint density at radius 1 is 0.960 bits per heavy atom. The molecule has 3 N–H and O–H groups in total. The zero-order valence-corrected chi connectivity index (χ0v) is 13.6. The summed E-state index contributed by atoms with van der Waals surface area (Å²) >= 11 is 0. The first-order valence-electron chi connectivity index (χ1n) is 8.11. The summed E-state index contributed by atoms with van der Waals surface area (Å²) in [5.41, 5.74) is 11.4. The largest absolute Gasteiger partial charge is 0.369 e. The molecule has 0 bridgehead atoms. The second-order valence-corrected chi connectivity index (χ2v) is 6.03. The molecule has 0 saturated carbocycles. The molecule has 2 aromatic carbocycles. The molecule has 4 rings (SSSR count). The van der Waals surface area contributed by atoms with E-state index in [0.717, 1.165) is 38.9 Å². The van der Waals surface area contributed by atoms with Gasteiger partial charge < -0.3 is 10.7 Å². The van der Waals surface area contributed by atoms with Crippen LogP contribution in [0.3, 0.4) is 0 Å². The summed E-state index contributed by atoms with van der Waals surface area (Å²) in [7, 11) is 0.